The number of anilines is 1. The average Bonchev–Trinajstić information content (AvgIpc) is 2.16. The second-order valence-electron chi connectivity index (χ2n) is 2.61. The summed E-state index contributed by atoms with van der Waals surface area (Å²) in [4.78, 5) is 13.7. The summed E-state index contributed by atoms with van der Waals surface area (Å²) in [6.07, 6.45) is 1.18. The van der Waals surface area contributed by atoms with Gasteiger partial charge in [-0.2, -0.15) is 0 Å². The van der Waals surface area contributed by atoms with E-state index in [9.17, 15) is 10.1 Å². The Morgan fingerprint density at radius 3 is 2.87 bits per heavy atom. The lowest BCUT2D eigenvalue weighted by atomic mass is 10.2. The zero-order valence-corrected chi connectivity index (χ0v) is 8.31. The molecular formula is C8H8ClN3O3. The van der Waals surface area contributed by atoms with Gasteiger partial charge in [-0.3, -0.25) is 15.1 Å². The first-order valence-electron chi connectivity index (χ1n) is 3.93. The Morgan fingerprint density at radius 2 is 2.33 bits per heavy atom. The summed E-state index contributed by atoms with van der Waals surface area (Å²) in [5.74, 6) is 0. The predicted molar refractivity (Wildman–Crippen MR) is 57.8 cm³/mol. The summed E-state index contributed by atoms with van der Waals surface area (Å²) in [7, 11) is 0. The molecule has 0 bridgehead atoms. The van der Waals surface area contributed by atoms with E-state index in [1.807, 2.05) is 0 Å². The Kier molecular flexibility index (Phi) is 3.59. The minimum atomic E-state index is -0.621. The van der Waals surface area contributed by atoms with Crippen molar-refractivity contribution in [1.82, 2.24) is 0 Å². The molecule has 1 aromatic rings. The molecule has 0 unspecified atom stereocenters. The van der Waals surface area contributed by atoms with Crippen molar-refractivity contribution < 1.29 is 10.0 Å². The number of hydrogen-bond donors (Lipinski definition) is 2. The van der Waals surface area contributed by atoms with Gasteiger partial charge in [-0.1, -0.05) is 11.6 Å². The van der Waals surface area contributed by atoms with Crippen LogP contribution in [-0.4, -0.2) is 22.9 Å². The number of nitro groups is 1. The van der Waals surface area contributed by atoms with Crippen molar-refractivity contribution in [1.29, 1.82) is 0 Å². The van der Waals surface area contributed by atoms with Gasteiger partial charge in [0.1, 0.15) is 5.69 Å². The predicted octanol–water partition coefficient (Wildman–Crippen LogP) is 1.52. The lowest BCUT2D eigenvalue weighted by molar-refractivity contribution is -0.383. The van der Waals surface area contributed by atoms with Crippen LogP contribution in [0.15, 0.2) is 17.1 Å². The first-order chi connectivity index (χ1) is 7.06. The van der Waals surface area contributed by atoms with Gasteiger partial charge in [0.05, 0.1) is 22.2 Å². The van der Waals surface area contributed by atoms with E-state index in [4.69, 9.17) is 22.4 Å². The molecule has 1 rings (SSSR count). The second-order valence-corrected chi connectivity index (χ2v) is 3.02. The molecule has 0 saturated heterocycles. The standard InChI is InChI=1S/C8H8ClN3O3/c9-5-3-6(10)8(12(14)15)4-7(5)11-1-2-13/h1,3-4,13H,2,10H2. The van der Waals surface area contributed by atoms with E-state index in [1.54, 1.807) is 0 Å². The maximum atomic E-state index is 10.5. The summed E-state index contributed by atoms with van der Waals surface area (Å²) in [6, 6.07) is 2.41. The summed E-state index contributed by atoms with van der Waals surface area (Å²) in [5.41, 5.74) is 5.31. The van der Waals surface area contributed by atoms with Gasteiger partial charge in [-0.25, -0.2) is 0 Å². The fourth-order valence-electron chi connectivity index (χ4n) is 0.962. The molecule has 15 heavy (non-hydrogen) atoms. The first-order valence-corrected chi connectivity index (χ1v) is 4.31. The Bertz CT molecular complexity index is 420. The largest absolute Gasteiger partial charge is 0.393 e. The van der Waals surface area contributed by atoms with Gasteiger partial charge in [0, 0.05) is 12.3 Å². The molecule has 0 aliphatic rings. The van der Waals surface area contributed by atoms with Crippen molar-refractivity contribution in [3.8, 4) is 0 Å². The van der Waals surface area contributed by atoms with E-state index >= 15 is 0 Å². The molecule has 0 aromatic heterocycles. The third-order valence-corrected chi connectivity index (χ3v) is 1.91. The van der Waals surface area contributed by atoms with Crippen LogP contribution in [-0.2, 0) is 0 Å². The van der Waals surface area contributed by atoms with Crippen molar-refractivity contribution in [2.45, 2.75) is 0 Å². The van der Waals surface area contributed by atoms with E-state index in [1.165, 1.54) is 12.3 Å². The minimum absolute atomic E-state index is 0.0204. The van der Waals surface area contributed by atoms with Crippen LogP contribution in [0.3, 0.4) is 0 Å². The van der Waals surface area contributed by atoms with Gasteiger partial charge in [-0.05, 0) is 6.07 Å². The third-order valence-electron chi connectivity index (χ3n) is 1.60. The Balaban J connectivity index is 3.23. The molecule has 6 nitrogen and oxygen atoms in total. The number of hydrogen-bond acceptors (Lipinski definition) is 5. The maximum Gasteiger partial charge on any atom is 0.294 e. The van der Waals surface area contributed by atoms with Gasteiger partial charge in [-0.15, -0.1) is 0 Å². The highest BCUT2D eigenvalue weighted by molar-refractivity contribution is 6.33. The summed E-state index contributed by atoms with van der Waals surface area (Å²) in [5, 5.41) is 19.2. The second kappa shape index (κ2) is 4.72. The van der Waals surface area contributed by atoms with Gasteiger partial charge in [0.15, 0.2) is 0 Å². The van der Waals surface area contributed by atoms with Crippen LogP contribution in [0, 0.1) is 10.1 Å². The quantitative estimate of drug-likeness (QED) is 0.355. The highest BCUT2D eigenvalue weighted by Gasteiger charge is 2.14. The summed E-state index contributed by atoms with van der Waals surface area (Å²) >= 11 is 5.74. The van der Waals surface area contributed by atoms with Crippen LogP contribution in [0.4, 0.5) is 17.1 Å². The molecule has 0 aliphatic carbocycles. The van der Waals surface area contributed by atoms with E-state index in [0.29, 0.717) is 0 Å². The smallest absolute Gasteiger partial charge is 0.294 e. The molecule has 80 valence electrons. The number of nitrogens with zero attached hydrogens (tertiary/aromatic N) is 2. The molecule has 0 atom stereocenters. The molecule has 0 fully saturated rings. The molecule has 0 saturated carbocycles. The highest BCUT2D eigenvalue weighted by atomic mass is 35.5. The van der Waals surface area contributed by atoms with Crippen molar-refractivity contribution in [2.75, 3.05) is 12.3 Å². The summed E-state index contributed by atoms with van der Waals surface area (Å²) < 4.78 is 0. The zero-order valence-electron chi connectivity index (χ0n) is 7.55. The molecule has 0 spiro atoms. The van der Waals surface area contributed by atoms with E-state index in [-0.39, 0.29) is 28.7 Å². The fraction of sp³-hybridized carbons (Fsp3) is 0.125. The topological polar surface area (TPSA) is 102 Å². The third kappa shape index (κ3) is 2.64. The van der Waals surface area contributed by atoms with Crippen LogP contribution >= 0.6 is 11.6 Å². The Labute approximate surface area is 90.1 Å². The average molecular weight is 230 g/mol. The van der Waals surface area contributed by atoms with Crippen LogP contribution < -0.4 is 5.73 Å². The molecular weight excluding hydrogens is 222 g/mol. The number of aliphatic imine (C=N–C) groups is 1. The van der Waals surface area contributed by atoms with Crippen molar-refractivity contribution in [3.05, 3.63) is 27.3 Å². The highest BCUT2D eigenvalue weighted by Crippen LogP contribution is 2.33. The molecule has 3 N–H and O–H groups in total. The SMILES string of the molecule is Nc1cc(Cl)c(N=CCO)cc1[N+](=O)[O-]. The lowest BCUT2D eigenvalue weighted by Crippen LogP contribution is -1.95. The zero-order chi connectivity index (χ0) is 11.4. The van der Waals surface area contributed by atoms with E-state index in [0.717, 1.165) is 6.07 Å². The molecule has 0 radical (unpaired) electrons. The Morgan fingerprint density at radius 1 is 1.67 bits per heavy atom. The Hall–Kier alpha value is -1.66. The van der Waals surface area contributed by atoms with E-state index in [2.05, 4.69) is 4.99 Å². The van der Waals surface area contributed by atoms with Crippen molar-refractivity contribution in [3.63, 3.8) is 0 Å². The van der Waals surface area contributed by atoms with Gasteiger partial charge >= 0.3 is 0 Å². The van der Waals surface area contributed by atoms with Crippen LogP contribution in [0.5, 0.6) is 0 Å². The van der Waals surface area contributed by atoms with Crippen LogP contribution in [0.2, 0.25) is 5.02 Å². The van der Waals surface area contributed by atoms with Gasteiger partial charge in [0.2, 0.25) is 0 Å². The summed E-state index contributed by atoms with van der Waals surface area (Å²) in [6.45, 7) is -0.269. The molecule has 7 heteroatoms. The maximum absolute atomic E-state index is 10.5. The number of halogens is 1. The van der Waals surface area contributed by atoms with Crippen molar-refractivity contribution >= 4 is 34.9 Å². The molecule has 0 heterocycles. The molecule has 0 amide bonds. The number of benzene rings is 1. The van der Waals surface area contributed by atoms with Crippen LogP contribution in [0.25, 0.3) is 0 Å². The number of nitro benzene ring substituents is 1. The van der Waals surface area contributed by atoms with Crippen LogP contribution in [0.1, 0.15) is 0 Å². The number of rotatable bonds is 3. The minimum Gasteiger partial charge on any atom is -0.393 e. The number of nitrogen functional groups attached to an aromatic ring is 1. The van der Waals surface area contributed by atoms with E-state index < -0.39 is 4.92 Å². The van der Waals surface area contributed by atoms with Crippen molar-refractivity contribution in [2.24, 2.45) is 4.99 Å². The number of aliphatic hydroxyl groups is 1. The van der Waals surface area contributed by atoms with Gasteiger partial charge < -0.3 is 10.8 Å². The fourth-order valence-corrected chi connectivity index (χ4v) is 1.18. The monoisotopic (exact) mass is 229 g/mol. The number of nitrogens with two attached hydrogens (primary N) is 1. The van der Waals surface area contributed by atoms with Gasteiger partial charge in [0.25, 0.3) is 5.69 Å². The molecule has 1 aromatic carbocycles. The lowest BCUT2D eigenvalue weighted by Gasteiger charge is -2.01. The first kappa shape index (κ1) is 11.4. The normalized spacial score (nSPS) is 10.8. The number of aliphatic hydroxyl groups excluding tert-OH is 1. The molecule has 0 aliphatic heterocycles.